The Morgan fingerprint density at radius 3 is 2.29 bits per heavy atom. The Labute approximate surface area is 124 Å². The van der Waals surface area contributed by atoms with Crippen LogP contribution in [0.3, 0.4) is 0 Å². The summed E-state index contributed by atoms with van der Waals surface area (Å²) < 4.78 is 54.4. The molecule has 1 fully saturated rings. The minimum absolute atomic E-state index is 0.0864. The van der Waals surface area contributed by atoms with Crippen LogP contribution in [0.1, 0.15) is 25.8 Å². The number of rotatable bonds is 5. The molecule has 0 aliphatic heterocycles. The van der Waals surface area contributed by atoms with E-state index in [4.69, 9.17) is 0 Å². The van der Waals surface area contributed by atoms with Crippen LogP contribution in [0.15, 0.2) is 18.2 Å². The Hall–Kier alpha value is -1.05. The van der Waals surface area contributed by atoms with Gasteiger partial charge in [-0.15, -0.1) is 0 Å². The Balaban J connectivity index is 2.32. The highest BCUT2D eigenvalue weighted by Crippen LogP contribution is 2.64. The van der Waals surface area contributed by atoms with E-state index in [1.54, 1.807) is 0 Å². The highest BCUT2D eigenvalue weighted by molar-refractivity contribution is 7.87. The maximum Gasteiger partial charge on any atom is 0.278 e. The Morgan fingerprint density at radius 1 is 1.29 bits per heavy atom. The van der Waals surface area contributed by atoms with Gasteiger partial charge >= 0.3 is 0 Å². The molecule has 7 heteroatoms. The molecule has 0 heterocycles. The molecule has 0 amide bonds. The lowest BCUT2D eigenvalue weighted by Gasteiger charge is -2.23. The quantitative estimate of drug-likeness (QED) is 0.903. The van der Waals surface area contributed by atoms with Crippen molar-refractivity contribution in [1.29, 1.82) is 0 Å². The summed E-state index contributed by atoms with van der Waals surface area (Å²) in [5, 5.41) is 0. The lowest BCUT2D eigenvalue weighted by molar-refractivity contribution is 0.447. The second-order valence-electron chi connectivity index (χ2n) is 6.38. The Morgan fingerprint density at radius 2 is 1.86 bits per heavy atom. The lowest BCUT2D eigenvalue weighted by atomic mass is 9.87. The summed E-state index contributed by atoms with van der Waals surface area (Å²) in [6.07, 6.45) is 0.637. The first-order valence-corrected chi connectivity index (χ1v) is 8.08. The second-order valence-corrected chi connectivity index (χ2v) is 8.34. The van der Waals surface area contributed by atoms with Gasteiger partial charge < -0.3 is 0 Å². The van der Waals surface area contributed by atoms with Crippen LogP contribution in [0.4, 0.5) is 8.78 Å². The molecule has 1 N–H and O–H groups in total. The topological polar surface area (TPSA) is 49.4 Å². The minimum atomic E-state index is -3.58. The maximum atomic E-state index is 14.1. The summed E-state index contributed by atoms with van der Waals surface area (Å²) in [5.74, 6) is -1.27. The van der Waals surface area contributed by atoms with E-state index in [0.717, 1.165) is 10.4 Å². The molecule has 1 aromatic rings. The molecule has 1 saturated carbocycles. The fourth-order valence-electron chi connectivity index (χ4n) is 2.79. The smallest absolute Gasteiger partial charge is 0.207 e. The van der Waals surface area contributed by atoms with Crippen molar-refractivity contribution < 1.29 is 17.2 Å². The third-order valence-corrected chi connectivity index (χ3v) is 5.87. The van der Waals surface area contributed by atoms with E-state index in [-0.39, 0.29) is 12.0 Å². The van der Waals surface area contributed by atoms with Gasteiger partial charge in [-0.1, -0.05) is 19.9 Å². The van der Waals surface area contributed by atoms with Crippen molar-refractivity contribution >= 4 is 10.2 Å². The van der Waals surface area contributed by atoms with E-state index < -0.39 is 27.3 Å². The average Bonchev–Trinajstić information content (AvgIpc) is 2.90. The SMILES string of the molecule is CN(C)S(=O)(=O)NCC1(c2ccc(F)cc2F)CC1(C)C. The number of benzene rings is 1. The van der Waals surface area contributed by atoms with Gasteiger partial charge in [0.15, 0.2) is 0 Å². The van der Waals surface area contributed by atoms with Crippen molar-refractivity contribution in [3.63, 3.8) is 0 Å². The molecule has 21 heavy (non-hydrogen) atoms. The molecule has 0 spiro atoms. The van der Waals surface area contributed by atoms with Crippen molar-refractivity contribution in [2.24, 2.45) is 5.41 Å². The molecule has 118 valence electrons. The van der Waals surface area contributed by atoms with Crippen LogP contribution in [0.2, 0.25) is 0 Å². The molecule has 1 atom stereocenters. The zero-order valence-corrected chi connectivity index (χ0v) is 13.4. The van der Waals surface area contributed by atoms with Crippen molar-refractivity contribution in [3.05, 3.63) is 35.4 Å². The van der Waals surface area contributed by atoms with Crippen molar-refractivity contribution in [1.82, 2.24) is 9.03 Å². The van der Waals surface area contributed by atoms with Crippen LogP contribution in [0.25, 0.3) is 0 Å². The van der Waals surface area contributed by atoms with E-state index in [2.05, 4.69) is 4.72 Å². The van der Waals surface area contributed by atoms with Crippen molar-refractivity contribution in [2.75, 3.05) is 20.6 Å². The Kier molecular flexibility index (Phi) is 3.89. The van der Waals surface area contributed by atoms with Crippen LogP contribution in [-0.2, 0) is 15.6 Å². The summed E-state index contributed by atoms with van der Waals surface area (Å²) in [6, 6.07) is 3.45. The first kappa shape index (κ1) is 16.3. The van der Waals surface area contributed by atoms with Gasteiger partial charge in [0.2, 0.25) is 0 Å². The summed E-state index contributed by atoms with van der Waals surface area (Å²) >= 11 is 0. The number of halogens is 2. The summed E-state index contributed by atoms with van der Waals surface area (Å²) in [4.78, 5) is 0. The molecule has 0 bridgehead atoms. The molecule has 1 aromatic carbocycles. The van der Waals surface area contributed by atoms with Gasteiger partial charge in [0.1, 0.15) is 11.6 Å². The van der Waals surface area contributed by atoms with Crippen LogP contribution < -0.4 is 4.72 Å². The van der Waals surface area contributed by atoms with E-state index in [1.807, 2.05) is 13.8 Å². The Bertz CT molecular complexity index is 659. The molecular formula is C14H20F2N2O2S. The summed E-state index contributed by atoms with van der Waals surface area (Å²) in [5.41, 5.74) is -0.538. The van der Waals surface area contributed by atoms with E-state index in [0.29, 0.717) is 12.0 Å². The molecule has 4 nitrogen and oxygen atoms in total. The molecule has 1 aliphatic carbocycles. The van der Waals surface area contributed by atoms with Gasteiger partial charge in [-0.25, -0.2) is 13.5 Å². The monoisotopic (exact) mass is 318 g/mol. The normalized spacial score (nSPS) is 24.3. The fourth-order valence-corrected chi connectivity index (χ4v) is 3.48. The van der Waals surface area contributed by atoms with E-state index >= 15 is 0 Å². The molecule has 1 unspecified atom stereocenters. The zero-order valence-electron chi connectivity index (χ0n) is 12.6. The highest BCUT2D eigenvalue weighted by atomic mass is 32.2. The predicted molar refractivity (Wildman–Crippen MR) is 77.0 cm³/mol. The van der Waals surface area contributed by atoms with Crippen LogP contribution in [0.5, 0.6) is 0 Å². The first-order chi connectivity index (χ1) is 9.52. The van der Waals surface area contributed by atoms with Crippen LogP contribution >= 0.6 is 0 Å². The summed E-state index contributed by atoms with van der Waals surface area (Å²) in [7, 11) is -0.739. The van der Waals surface area contributed by atoms with Gasteiger partial charge in [0.05, 0.1) is 0 Å². The molecule has 0 aromatic heterocycles. The fraction of sp³-hybridized carbons (Fsp3) is 0.571. The van der Waals surface area contributed by atoms with Crippen LogP contribution in [-0.4, -0.2) is 33.4 Å². The first-order valence-electron chi connectivity index (χ1n) is 6.64. The van der Waals surface area contributed by atoms with Crippen LogP contribution in [0, 0.1) is 17.0 Å². The van der Waals surface area contributed by atoms with Crippen molar-refractivity contribution in [2.45, 2.75) is 25.7 Å². The van der Waals surface area contributed by atoms with Crippen molar-refractivity contribution in [3.8, 4) is 0 Å². The van der Waals surface area contributed by atoms with Gasteiger partial charge in [-0.05, 0) is 23.5 Å². The lowest BCUT2D eigenvalue weighted by Crippen LogP contribution is -2.41. The number of nitrogens with zero attached hydrogens (tertiary/aromatic N) is 1. The largest absolute Gasteiger partial charge is 0.278 e. The molecule has 1 aliphatic rings. The van der Waals surface area contributed by atoms with E-state index in [1.165, 1.54) is 26.2 Å². The van der Waals surface area contributed by atoms with Gasteiger partial charge in [-0.3, -0.25) is 0 Å². The number of nitrogens with one attached hydrogen (secondary N) is 1. The van der Waals surface area contributed by atoms with E-state index in [9.17, 15) is 17.2 Å². The maximum absolute atomic E-state index is 14.1. The van der Waals surface area contributed by atoms with Gasteiger partial charge in [-0.2, -0.15) is 12.7 Å². The third-order valence-electron chi connectivity index (χ3n) is 4.40. The number of hydrogen-bond donors (Lipinski definition) is 1. The standard InChI is InChI=1S/C14H20F2N2O2S/c1-13(2)8-14(13,9-17-21(19,20)18(3)4)11-6-5-10(15)7-12(11)16/h5-7,17H,8-9H2,1-4H3. The number of hydrogen-bond acceptors (Lipinski definition) is 2. The third kappa shape index (κ3) is 2.82. The summed E-state index contributed by atoms with van der Waals surface area (Å²) in [6.45, 7) is 3.97. The zero-order chi connectivity index (χ0) is 16.1. The molecular weight excluding hydrogens is 298 g/mol. The second kappa shape index (κ2) is 5.00. The molecule has 0 radical (unpaired) electrons. The van der Waals surface area contributed by atoms with Gasteiger partial charge in [0.25, 0.3) is 10.2 Å². The average molecular weight is 318 g/mol. The minimum Gasteiger partial charge on any atom is -0.207 e. The molecule has 0 saturated heterocycles. The highest BCUT2D eigenvalue weighted by Gasteiger charge is 2.63. The molecule has 2 rings (SSSR count). The predicted octanol–water partition coefficient (Wildman–Crippen LogP) is 2.03. The van der Waals surface area contributed by atoms with Gasteiger partial charge in [0, 0.05) is 32.1 Å².